The number of thioether (sulfide) groups is 1. The van der Waals surface area contributed by atoms with Crippen LogP contribution in [0.15, 0.2) is 52.5 Å². The first kappa shape index (κ1) is 24.7. The maximum absolute atomic E-state index is 13.1. The summed E-state index contributed by atoms with van der Waals surface area (Å²) in [6.07, 6.45) is 1.58. The van der Waals surface area contributed by atoms with Gasteiger partial charge in [-0.3, -0.25) is 4.79 Å². The van der Waals surface area contributed by atoms with E-state index in [0.29, 0.717) is 38.4 Å². The van der Waals surface area contributed by atoms with Crippen molar-refractivity contribution >= 4 is 41.1 Å². The Morgan fingerprint density at radius 2 is 1.89 bits per heavy atom. The molecule has 0 bridgehead atoms. The first-order valence-corrected chi connectivity index (χ1v) is 12.6. The van der Waals surface area contributed by atoms with Crippen LogP contribution in [0.25, 0.3) is 0 Å². The number of ether oxygens (including phenoxy) is 1. The molecule has 0 aromatic heterocycles. The average Bonchev–Trinajstić information content (AvgIpc) is 3.13. The fourth-order valence-electron chi connectivity index (χ4n) is 3.98. The average molecular weight is 497 g/mol. The van der Waals surface area contributed by atoms with Gasteiger partial charge in [0.2, 0.25) is 0 Å². The molecule has 3 amide bonds. The summed E-state index contributed by atoms with van der Waals surface area (Å²) in [5.74, 6) is -0.364. The SMILES string of the molecule is CCCN1C(=O)C(=NNC(=O)N2CCOCC2)c2cc(SCCc3ccc(C(=O)O)cc3)ccc21. The van der Waals surface area contributed by atoms with Crippen LogP contribution in [0.2, 0.25) is 0 Å². The molecule has 184 valence electrons. The number of hydrazone groups is 1. The van der Waals surface area contributed by atoms with Gasteiger partial charge >= 0.3 is 12.0 Å². The molecule has 0 spiro atoms. The zero-order valence-corrected chi connectivity index (χ0v) is 20.3. The number of carboxylic acids is 1. The van der Waals surface area contributed by atoms with E-state index in [0.717, 1.165) is 34.7 Å². The van der Waals surface area contributed by atoms with Crippen LogP contribution in [0.1, 0.15) is 34.8 Å². The van der Waals surface area contributed by atoms with Gasteiger partial charge in [0.25, 0.3) is 5.91 Å². The molecule has 2 heterocycles. The van der Waals surface area contributed by atoms with E-state index in [9.17, 15) is 14.4 Å². The van der Waals surface area contributed by atoms with E-state index in [1.54, 1.807) is 33.7 Å². The molecule has 4 rings (SSSR count). The summed E-state index contributed by atoms with van der Waals surface area (Å²) in [7, 11) is 0. The molecule has 2 aliphatic heterocycles. The fraction of sp³-hybridized carbons (Fsp3) is 0.360. The van der Waals surface area contributed by atoms with Gasteiger partial charge in [0.05, 0.1) is 24.5 Å². The topological polar surface area (TPSA) is 112 Å². The molecule has 35 heavy (non-hydrogen) atoms. The number of benzene rings is 2. The maximum atomic E-state index is 13.1. The molecule has 2 aliphatic rings. The van der Waals surface area contributed by atoms with Gasteiger partial charge in [-0.15, -0.1) is 11.8 Å². The zero-order chi connectivity index (χ0) is 24.8. The Kier molecular flexibility index (Phi) is 8.04. The van der Waals surface area contributed by atoms with E-state index in [1.807, 2.05) is 37.3 Å². The summed E-state index contributed by atoms with van der Waals surface area (Å²) >= 11 is 1.65. The zero-order valence-electron chi connectivity index (χ0n) is 19.5. The number of rotatable bonds is 8. The number of amides is 3. The van der Waals surface area contributed by atoms with Crippen LogP contribution < -0.4 is 10.3 Å². The third-order valence-corrected chi connectivity index (χ3v) is 6.83. The van der Waals surface area contributed by atoms with E-state index < -0.39 is 5.97 Å². The van der Waals surface area contributed by atoms with Crippen LogP contribution in [0.4, 0.5) is 10.5 Å². The van der Waals surface area contributed by atoms with Crippen LogP contribution in [-0.2, 0) is 16.0 Å². The molecule has 0 saturated carbocycles. The Bertz CT molecular complexity index is 1130. The molecule has 0 radical (unpaired) electrons. The largest absolute Gasteiger partial charge is 0.478 e. The second-order valence-electron chi connectivity index (χ2n) is 8.21. The number of hydrogen-bond donors (Lipinski definition) is 2. The molecular weight excluding hydrogens is 468 g/mol. The molecule has 1 saturated heterocycles. The number of hydrogen-bond acceptors (Lipinski definition) is 6. The van der Waals surface area contributed by atoms with Gasteiger partial charge in [-0.05, 0) is 48.7 Å². The lowest BCUT2D eigenvalue weighted by Gasteiger charge is -2.25. The van der Waals surface area contributed by atoms with Crippen molar-refractivity contribution in [2.45, 2.75) is 24.7 Å². The van der Waals surface area contributed by atoms with Gasteiger partial charge in [-0.1, -0.05) is 19.1 Å². The van der Waals surface area contributed by atoms with Gasteiger partial charge in [0, 0.05) is 35.8 Å². The number of morpholine rings is 1. The summed E-state index contributed by atoms with van der Waals surface area (Å²) in [6.45, 7) is 4.53. The predicted octanol–water partition coefficient (Wildman–Crippen LogP) is 3.22. The van der Waals surface area contributed by atoms with Crippen molar-refractivity contribution in [2.75, 3.05) is 43.5 Å². The van der Waals surface area contributed by atoms with Gasteiger partial charge in [-0.25, -0.2) is 15.0 Å². The standard InChI is InChI=1S/C25H28N4O5S/c1-2-10-29-21-8-7-19(35-15-9-17-3-5-18(6-4-17)24(31)32)16-20(21)22(23(29)30)26-27-25(33)28-11-13-34-14-12-28/h3-8,16H,2,9-15H2,1H3,(H,27,33)(H,31,32). The number of carbonyl (C=O) groups excluding carboxylic acids is 2. The number of nitrogens with zero attached hydrogens (tertiary/aromatic N) is 3. The molecule has 2 aromatic rings. The Hall–Kier alpha value is -3.37. The van der Waals surface area contributed by atoms with Crippen LogP contribution in [0, 0.1) is 0 Å². The minimum Gasteiger partial charge on any atom is -0.478 e. The number of nitrogens with one attached hydrogen (secondary N) is 1. The third-order valence-electron chi connectivity index (χ3n) is 5.83. The van der Waals surface area contributed by atoms with Crippen molar-refractivity contribution in [2.24, 2.45) is 5.10 Å². The second-order valence-corrected chi connectivity index (χ2v) is 9.38. The van der Waals surface area contributed by atoms with Crippen molar-refractivity contribution in [1.29, 1.82) is 0 Å². The molecule has 0 unspecified atom stereocenters. The number of aromatic carboxylic acids is 1. The fourth-order valence-corrected chi connectivity index (χ4v) is 4.92. The Morgan fingerprint density at radius 3 is 2.57 bits per heavy atom. The summed E-state index contributed by atoms with van der Waals surface area (Å²) in [4.78, 5) is 40.9. The van der Waals surface area contributed by atoms with Crippen molar-refractivity contribution in [1.82, 2.24) is 10.3 Å². The smallest absolute Gasteiger partial charge is 0.337 e. The van der Waals surface area contributed by atoms with Crippen molar-refractivity contribution in [3.05, 3.63) is 59.2 Å². The Balaban J connectivity index is 1.46. The van der Waals surface area contributed by atoms with Crippen LogP contribution in [0.5, 0.6) is 0 Å². The first-order chi connectivity index (χ1) is 17.0. The first-order valence-electron chi connectivity index (χ1n) is 11.6. The predicted molar refractivity (Wildman–Crippen MR) is 134 cm³/mol. The van der Waals surface area contributed by atoms with Crippen molar-refractivity contribution in [3.8, 4) is 0 Å². The highest BCUT2D eigenvalue weighted by molar-refractivity contribution is 7.99. The highest BCUT2D eigenvalue weighted by atomic mass is 32.2. The summed E-state index contributed by atoms with van der Waals surface area (Å²) < 4.78 is 5.28. The lowest BCUT2D eigenvalue weighted by Crippen LogP contribution is -2.45. The van der Waals surface area contributed by atoms with E-state index in [2.05, 4.69) is 10.5 Å². The summed E-state index contributed by atoms with van der Waals surface area (Å²) in [5, 5.41) is 13.3. The van der Waals surface area contributed by atoms with Crippen LogP contribution in [0.3, 0.4) is 0 Å². The molecular formula is C25H28N4O5S. The normalized spacial score (nSPS) is 16.5. The van der Waals surface area contributed by atoms with Crippen LogP contribution in [-0.4, -0.2) is 72.2 Å². The minimum absolute atomic E-state index is 0.218. The molecule has 0 aliphatic carbocycles. The summed E-state index contributed by atoms with van der Waals surface area (Å²) in [6, 6.07) is 12.4. The number of fused-ring (bicyclic) bond motifs is 1. The highest BCUT2D eigenvalue weighted by Gasteiger charge is 2.34. The number of carbonyl (C=O) groups is 3. The van der Waals surface area contributed by atoms with Crippen LogP contribution >= 0.6 is 11.8 Å². The number of anilines is 1. The van der Waals surface area contributed by atoms with E-state index in [-0.39, 0.29) is 23.2 Å². The molecule has 1 fully saturated rings. The van der Waals surface area contributed by atoms with E-state index >= 15 is 0 Å². The van der Waals surface area contributed by atoms with Gasteiger partial charge in [-0.2, -0.15) is 5.10 Å². The summed E-state index contributed by atoms with van der Waals surface area (Å²) in [5.41, 5.74) is 5.62. The van der Waals surface area contributed by atoms with E-state index in [4.69, 9.17) is 9.84 Å². The number of urea groups is 1. The molecule has 2 N–H and O–H groups in total. The minimum atomic E-state index is -0.936. The molecule has 2 aromatic carbocycles. The van der Waals surface area contributed by atoms with Crippen molar-refractivity contribution in [3.63, 3.8) is 0 Å². The number of aryl methyl sites for hydroxylation is 1. The Morgan fingerprint density at radius 1 is 1.14 bits per heavy atom. The molecule has 9 nitrogen and oxygen atoms in total. The second kappa shape index (κ2) is 11.4. The lowest BCUT2D eigenvalue weighted by atomic mass is 10.1. The monoisotopic (exact) mass is 496 g/mol. The molecule has 10 heteroatoms. The molecule has 0 atom stereocenters. The lowest BCUT2D eigenvalue weighted by molar-refractivity contribution is -0.112. The highest BCUT2D eigenvalue weighted by Crippen LogP contribution is 2.33. The van der Waals surface area contributed by atoms with E-state index in [1.165, 1.54) is 0 Å². The van der Waals surface area contributed by atoms with Crippen molar-refractivity contribution < 1.29 is 24.2 Å². The Labute approximate surface area is 208 Å². The van der Waals surface area contributed by atoms with Gasteiger partial charge < -0.3 is 19.6 Å². The maximum Gasteiger partial charge on any atom is 0.337 e. The number of carboxylic acid groups (broad SMARTS) is 1. The quantitative estimate of drug-likeness (QED) is 0.429. The van der Waals surface area contributed by atoms with Gasteiger partial charge in [0.1, 0.15) is 0 Å². The third kappa shape index (κ3) is 5.83. The van der Waals surface area contributed by atoms with Gasteiger partial charge in [0.15, 0.2) is 5.71 Å².